The van der Waals surface area contributed by atoms with Crippen molar-refractivity contribution in [3.05, 3.63) is 81.2 Å². The highest BCUT2D eigenvalue weighted by Gasteiger charge is 2.42. The van der Waals surface area contributed by atoms with E-state index < -0.39 is 53.9 Å². The molecule has 12 nitrogen and oxygen atoms in total. The van der Waals surface area contributed by atoms with Crippen molar-refractivity contribution in [2.45, 2.75) is 47.1 Å². The fourth-order valence-electron chi connectivity index (χ4n) is 4.69. The minimum absolute atomic E-state index is 0.0346. The number of nitrogens with two attached hydrogens (primary N) is 1. The predicted molar refractivity (Wildman–Crippen MR) is 167 cm³/mol. The summed E-state index contributed by atoms with van der Waals surface area (Å²) in [6.45, 7) is -3.00. The summed E-state index contributed by atoms with van der Waals surface area (Å²) in [6, 6.07) is 8.38. The first-order valence-electron chi connectivity index (χ1n) is 13.9. The van der Waals surface area contributed by atoms with Crippen LogP contribution in [0.2, 0.25) is 10.0 Å². The summed E-state index contributed by atoms with van der Waals surface area (Å²) in [5, 5.41) is 15.5. The van der Waals surface area contributed by atoms with Crippen LogP contribution in [0.3, 0.4) is 0 Å². The number of sulfonamides is 2. The number of ether oxygens (including phenoxy) is 3. The molecule has 0 unspecified atom stereocenters. The number of benzene rings is 2. The van der Waals surface area contributed by atoms with Gasteiger partial charge in [0.15, 0.2) is 29.3 Å². The van der Waals surface area contributed by atoms with E-state index in [-0.39, 0.29) is 63.9 Å². The van der Waals surface area contributed by atoms with Crippen LogP contribution in [0.15, 0.2) is 64.6 Å². The Morgan fingerprint density at radius 2 is 1.74 bits per heavy atom. The Balaban J connectivity index is 1.48. The van der Waals surface area contributed by atoms with Gasteiger partial charge in [-0.15, -0.1) is 11.8 Å². The number of pyridine rings is 1. The van der Waals surface area contributed by atoms with Crippen LogP contribution in [-0.4, -0.2) is 58.0 Å². The third kappa shape index (κ3) is 8.57. The number of nitrogens with zero attached hydrogens (tertiary/aromatic N) is 2. The van der Waals surface area contributed by atoms with Crippen molar-refractivity contribution in [3.63, 3.8) is 0 Å². The Morgan fingerprint density at radius 1 is 1.06 bits per heavy atom. The fourth-order valence-corrected chi connectivity index (χ4v) is 9.02. The molecule has 0 spiro atoms. The van der Waals surface area contributed by atoms with E-state index in [1.54, 1.807) is 0 Å². The number of aromatic nitrogens is 1. The molecule has 1 saturated heterocycles. The summed E-state index contributed by atoms with van der Waals surface area (Å²) < 4.78 is 94.8. The highest BCUT2D eigenvalue weighted by atomic mass is 35.5. The molecule has 47 heavy (non-hydrogen) atoms. The molecule has 0 bridgehead atoms. The summed E-state index contributed by atoms with van der Waals surface area (Å²) >= 11 is 13.6. The number of hydrogen-bond acceptors (Lipinski definition) is 10. The summed E-state index contributed by atoms with van der Waals surface area (Å²) in [4.78, 5) is 12.9. The van der Waals surface area contributed by atoms with Crippen LogP contribution in [0.1, 0.15) is 30.1 Å². The standard InChI is InChI=1S/C28H27Cl2F2N3O9S3/c29-21-13-34(37)14-22(30)20(21)12-24(17-6-7-23(44-28(31)32)25(10-17)42-15-16-4-5-16)43-27(36)26-35(8-9-45-26)47(40,41)19-3-1-2-18(11-19)46(33,38)39/h1-3,6-7,10-11,13-14,16,24,26,28H,4-5,8-9,12,15H2,(H2,33,38,39)/t24-,26-/m0/s1. The van der Waals surface area contributed by atoms with Gasteiger partial charge in [-0.05, 0) is 54.7 Å². The smallest absolute Gasteiger partial charge is 0.387 e. The van der Waals surface area contributed by atoms with Gasteiger partial charge in [0.25, 0.3) is 0 Å². The van der Waals surface area contributed by atoms with E-state index in [2.05, 4.69) is 4.74 Å². The van der Waals surface area contributed by atoms with E-state index in [4.69, 9.17) is 37.8 Å². The maximum atomic E-state index is 13.7. The van der Waals surface area contributed by atoms with Crippen LogP contribution >= 0.6 is 35.0 Å². The molecule has 254 valence electrons. The maximum Gasteiger partial charge on any atom is 0.387 e. The van der Waals surface area contributed by atoms with Gasteiger partial charge in [0.1, 0.15) is 16.1 Å². The summed E-state index contributed by atoms with van der Waals surface area (Å²) in [5.74, 6) is -0.808. The molecule has 2 fully saturated rings. The molecule has 1 aliphatic heterocycles. The van der Waals surface area contributed by atoms with E-state index in [1.807, 2.05) is 0 Å². The van der Waals surface area contributed by atoms with Crippen molar-refractivity contribution in [1.29, 1.82) is 0 Å². The molecule has 2 N–H and O–H groups in total. The van der Waals surface area contributed by atoms with E-state index >= 15 is 0 Å². The fraction of sp³-hybridized carbons (Fsp3) is 0.357. The number of esters is 1. The zero-order valence-electron chi connectivity index (χ0n) is 24.1. The molecular weight excluding hydrogens is 727 g/mol. The molecule has 2 heterocycles. The van der Waals surface area contributed by atoms with Crippen molar-refractivity contribution in [3.8, 4) is 11.5 Å². The molecule has 3 aromatic rings. The molecule has 2 aromatic carbocycles. The third-order valence-corrected chi connectivity index (χ3v) is 12.0. The van der Waals surface area contributed by atoms with Gasteiger partial charge >= 0.3 is 12.6 Å². The van der Waals surface area contributed by atoms with Crippen LogP contribution in [0, 0.1) is 11.1 Å². The van der Waals surface area contributed by atoms with Gasteiger partial charge in [0.05, 0.1) is 16.4 Å². The van der Waals surface area contributed by atoms with E-state index in [9.17, 15) is 35.6 Å². The van der Waals surface area contributed by atoms with Gasteiger partial charge in [-0.25, -0.2) is 26.8 Å². The minimum atomic E-state index is -4.42. The largest absolute Gasteiger partial charge is 0.619 e. The van der Waals surface area contributed by atoms with Crippen molar-refractivity contribution in [2.24, 2.45) is 11.1 Å². The van der Waals surface area contributed by atoms with Gasteiger partial charge in [-0.3, -0.25) is 0 Å². The van der Waals surface area contributed by atoms with Gasteiger partial charge in [0, 0.05) is 24.3 Å². The summed E-state index contributed by atoms with van der Waals surface area (Å²) in [6.07, 6.45) is 2.48. The topological polar surface area (TPSA) is 169 Å². The second kappa shape index (κ2) is 14.3. The molecule has 1 saturated carbocycles. The molecule has 0 amide bonds. The highest BCUT2D eigenvalue weighted by molar-refractivity contribution is 8.02. The predicted octanol–water partition coefficient (Wildman–Crippen LogP) is 4.26. The average Bonchev–Trinajstić information content (AvgIpc) is 3.68. The lowest BCUT2D eigenvalue weighted by Gasteiger charge is -2.26. The van der Waals surface area contributed by atoms with Crippen molar-refractivity contribution < 1.29 is 49.4 Å². The zero-order valence-corrected chi connectivity index (χ0v) is 28.1. The molecule has 1 aliphatic carbocycles. The van der Waals surface area contributed by atoms with Gasteiger partial charge in [-0.1, -0.05) is 35.3 Å². The first-order chi connectivity index (χ1) is 22.1. The average molecular weight is 755 g/mol. The zero-order chi connectivity index (χ0) is 34.1. The lowest BCUT2D eigenvalue weighted by molar-refractivity contribution is -0.605. The SMILES string of the molecule is NS(=O)(=O)c1cccc(S(=O)(=O)N2CCS[C@H]2C(=O)O[C@@H](Cc2c(Cl)c[n+]([O-])cc2Cl)c2ccc(OC(F)F)c(OCC3CC3)c2)c1. The number of carbonyl (C=O) groups is 1. The Hall–Kier alpha value is -2.93. The monoisotopic (exact) mass is 753 g/mol. The van der Waals surface area contributed by atoms with Crippen LogP contribution in [0.4, 0.5) is 8.78 Å². The number of halogens is 4. The van der Waals surface area contributed by atoms with E-state index in [1.165, 1.54) is 30.3 Å². The number of primary sulfonamides is 1. The number of hydrogen-bond donors (Lipinski definition) is 1. The quantitative estimate of drug-likeness (QED) is 0.151. The maximum absolute atomic E-state index is 13.7. The Kier molecular flexibility index (Phi) is 10.7. The molecule has 5 rings (SSSR count). The first-order valence-corrected chi connectivity index (χ1v) is 18.7. The number of rotatable bonds is 13. The van der Waals surface area contributed by atoms with Crippen molar-refractivity contribution >= 4 is 61.0 Å². The molecule has 1 aromatic heterocycles. The lowest BCUT2D eigenvalue weighted by Crippen LogP contribution is -2.40. The van der Waals surface area contributed by atoms with Gasteiger partial charge in [-0.2, -0.15) is 17.8 Å². The Labute approximate surface area is 283 Å². The van der Waals surface area contributed by atoms with Crippen LogP contribution in [-0.2, 0) is 36.0 Å². The van der Waals surface area contributed by atoms with Crippen LogP contribution < -0.4 is 19.3 Å². The second-order valence-electron chi connectivity index (χ2n) is 10.6. The Bertz CT molecular complexity index is 1860. The molecular formula is C28H27Cl2F2N3O9S3. The second-order valence-corrected chi connectivity index (χ2v) is 16.1. The Morgan fingerprint density at radius 3 is 2.38 bits per heavy atom. The lowest BCUT2D eigenvalue weighted by atomic mass is 10.0. The highest BCUT2D eigenvalue weighted by Crippen LogP contribution is 2.39. The minimum Gasteiger partial charge on any atom is -0.619 e. The molecule has 2 atom stereocenters. The number of thioether (sulfide) groups is 1. The summed E-state index contributed by atoms with van der Waals surface area (Å²) in [7, 11) is -8.65. The van der Waals surface area contributed by atoms with Crippen molar-refractivity contribution in [1.82, 2.24) is 4.31 Å². The van der Waals surface area contributed by atoms with Crippen LogP contribution in [0.25, 0.3) is 0 Å². The number of carbonyl (C=O) groups excluding carboxylic acids is 1. The first kappa shape index (κ1) is 35.4. The molecule has 2 aliphatic rings. The molecule has 19 heteroatoms. The van der Waals surface area contributed by atoms with E-state index in [0.717, 1.165) is 53.4 Å². The third-order valence-electron chi connectivity index (χ3n) is 7.22. The van der Waals surface area contributed by atoms with Crippen molar-refractivity contribution in [2.75, 3.05) is 18.9 Å². The van der Waals surface area contributed by atoms with Crippen LogP contribution in [0.5, 0.6) is 11.5 Å². The van der Waals surface area contributed by atoms with E-state index in [0.29, 0.717) is 4.73 Å². The molecule has 0 radical (unpaired) electrons. The summed E-state index contributed by atoms with van der Waals surface area (Å²) in [5.41, 5.74) is 0.463. The van der Waals surface area contributed by atoms with Gasteiger partial charge in [0.2, 0.25) is 20.0 Å². The van der Waals surface area contributed by atoms with Gasteiger partial charge < -0.3 is 19.4 Å². The normalized spacial score (nSPS) is 17.9. The number of alkyl halides is 2.